The zero-order chi connectivity index (χ0) is 24.0. The fourth-order valence-corrected chi connectivity index (χ4v) is 3.96. The molecule has 3 rings (SSSR count). The van der Waals surface area contributed by atoms with Crippen molar-refractivity contribution in [2.75, 3.05) is 20.8 Å². The standard InChI is InChI=1S/C25H27NO7/c1-32-17-12-13-18(19(15-17)33-2)22-21(23(29)16-9-5-3-6-10-16)24(30)25(31)26(22)14-8-4-7-11-20(27)28/h3,5-6,9-10,12-13,15,22,29H,4,7-8,11,14H2,1-2H3,(H,27,28). The second kappa shape index (κ2) is 10.7. The lowest BCUT2D eigenvalue weighted by Gasteiger charge is -2.27. The summed E-state index contributed by atoms with van der Waals surface area (Å²) in [6.07, 6.45) is 1.61. The Balaban J connectivity index is 2.05. The van der Waals surface area contributed by atoms with Crippen molar-refractivity contribution >= 4 is 23.4 Å². The van der Waals surface area contributed by atoms with Gasteiger partial charge in [0.2, 0.25) is 0 Å². The minimum atomic E-state index is -0.874. The highest BCUT2D eigenvalue weighted by Gasteiger charge is 2.46. The molecule has 1 saturated heterocycles. The van der Waals surface area contributed by atoms with E-state index in [1.54, 1.807) is 48.5 Å². The molecule has 1 unspecified atom stereocenters. The molecule has 8 heteroatoms. The van der Waals surface area contributed by atoms with Crippen molar-refractivity contribution < 1.29 is 34.1 Å². The molecule has 0 aliphatic carbocycles. The summed E-state index contributed by atoms with van der Waals surface area (Å²) in [5, 5.41) is 19.9. The van der Waals surface area contributed by atoms with Gasteiger partial charge in [0, 0.05) is 30.2 Å². The summed E-state index contributed by atoms with van der Waals surface area (Å²) in [6.45, 7) is 0.232. The number of carbonyl (C=O) groups excluding carboxylic acids is 2. The van der Waals surface area contributed by atoms with Gasteiger partial charge in [-0.25, -0.2) is 0 Å². The summed E-state index contributed by atoms with van der Waals surface area (Å²) >= 11 is 0. The van der Waals surface area contributed by atoms with Gasteiger partial charge in [-0.05, 0) is 25.0 Å². The monoisotopic (exact) mass is 453 g/mol. The molecule has 1 fully saturated rings. The second-order valence-electron chi connectivity index (χ2n) is 7.67. The van der Waals surface area contributed by atoms with Gasteiger partial charge in [-0.1, -0.05) is 36.8 Å². The third-order valence-electron chi connectivity index (χ3n) is 5.61. The molecule has 1 amide bonds. The number of ketones is 1. The van der Waals surface area contributed by atoms with Gasteiger partial charge in [-0.15, -0.1) is 0 Å². The summed E-state index contributed by atoms with van der Waals surface area (Å²) in [5.74, 6) is -1.66. The number of aliphatic hydroxyl groups is 1. The highest BCUT2D eigenvalue weighted by Crippen LogP contribution is 2.43. The van der Waals surface area contributed by atoms with Crippen LogP contribution in [0.4, 0.5) is 0 Å². The van der Waals surface area contributed by atoms with Crippen LogP contribution in [-0.4, -0.2) is 53.5 Å². The molecule has 1 aliphatic rings. The molecule has 1 aliphatic heterocycles. The van der Waals surface area contributed by atoms with E-state index in [2.05, 4.69) is 0 Å². The number of methoxy groups -OCH3 is 2. The Hall–Kier alpha value is -3.81. The Morgan fingerprint density at radius 1 is 0.970 bits per heavy atom. The number of amides is 1. The van der Waals surface area contributed by atoms with Crippen molar-refractivity contribution in [1.29, 1.82) is 0 Å². The number of unbranched alkanes of at least 4 members (excludes halogenated alkanes) is 2. The van der Waals surface area contributed by atoms with Gasteiger partial charge in [0.25, 0.3) is 11.7 Å². The van der Waals surface area contributed by atoms with Crippen LogP contribution in [-0.2, 0) is 14.4 Å². The molecule has 0 bridgehead atoms. The van der Waals surface area contributed by atoms with Crippen LogP contribution < -0.4 is 9.47 Å². The maximum Gasteiger partial charge on any atom is 0.303 e. The van der Waals surface area contributed by atoms with Gasteiger partial charge in [0.15, 0.2) is 0 Å². The number of carbonyl (C=O) groups is 3. The normalized spacial score (nSPS) is 17.3. The van der Waals surface area contributed by atoms with E-state index in [1.165, 1.54) is 19.1 Å². The number of ether oxygens (including phenoxy) is 2. The van der Waals surface area contributed by atoms with Gasteiger partial charge in [0.1, 0.15) is 17.3 Å². The molecule has 0 aromatic heterocycles. The molecule has 0 radical (unpaired) electrons. The Morgan fingerprint density at radius 2 is 1.70 bits per heavy atom. The predicted octanol–water partition coefficient (Wildman–Crippen LogP) is 3.77. The molecule has 1 heterocycles. The number of Topliss-reactive ketones (excluding diaryl/α,β-unsaturated/α-hetero) is 1. The van der Waals surface area contributed by atoms with E-state index in [1.807, 2.05) is 0 Å². The van der Waals surface area contributed by atoms with Crippen molar-refractivity contribution in [2.24, 2.45) is 0 Å². The van der Waals surface area contributed by atoms with Crippen molar-refractivity contribution in [3.63, 3.8) is 0 Å². The Bertz CT molecular complexity index is 1060. The van der Waals surface area contributed by atoms with Gasteiger partial charge < -0.3 is 24.6 Å². The molecule has 33 heavy (non-hydrogen) atoms. The molecule has 0 spiro atoms. The summed E-state index contributed by atoms with van der Waals surface area (Å²) in [5.41, 5.74) is 0.954. The molecule has 2 aromatic carbocycles. The van der Waals surface area contributed by atoms with Gasteiger partial charge in [-0.3, -0.25) is 14.4 Å². The number of aliphatic hydroxyl groups excluding tert-OH is 1. The number of carboxylic acid groups (broad SMARTS) is 1. The number of hydrogen-bond acceptors (Lipinski definition) is 6. The lowest BCUT2D eigenvalue weighted by Crippen LogP contribution is -2.31. The first-order valence-corrected chi connectivity index (χ1v) is 10.7. The summed E-state index contributed by atoms with van der Waals surface area (Å²) < 4.78 is 10.8. The number of likely N-dealkylation sites (tertiary alicyclic amines) is 1. The first-order valence-electron chi connectivity index (χ1n) is 10.7. The third kappa shape index (κ3) is 5.16. The average Bonchev–Trinajstić information content (AvgIpc) is 3.08. The lowest BCUT2D eigenvalue weighted by molar-refractivity contribution is -0.140. The number of rotatable bonds is 10. The van der Waals surface area contributed by atoms with E-state index >= 15 is 0 Å². The predicted molar refractivity (Wildman–Crippen MR) is 121 cm³/mol. The Labute approximate surface area is 192 Å². The van der Waals surface area contributed by atoms with Gasteiger partial charge >= 0.3 is 5.97 Å². The van der Waals surface area contributed by atoms with Crippen LogP contribution >= 0.6 is 0 Å². The highest BCUT2D eigenvalue weighted by atomic mass is 16.5. The highest BCUT2D eigenvalue weighted by molar-refractivity contribution is 6.46. The van der Waals surface area contributed by atoms with E-state index in [9.17, 15) is 19.5 Å². The number of aliphatic carboxylic acids is 1. The number of carboxylic acids is 1. The molecular formula is C25H27NO7. The van der Waals surface area contributed by atoms with E-state index in [4.69, 9.17) is 14.6 Å². The SMILES string of the molecule is COc1ccc(C2C(=C(O)c3ccccc3)C(=O)C(=O)N2CCCCCC(=O)O)c(OC)c1. The average molecular weight is 453 g/mol. The molecule has 1 atom stereocenters. The van der Waals surface area contributed by atoms with Crippen LogP contribution in [0.3, 0.4) is 0 Å². The summed E-state index contributed by atoms with van der Waals surface area (Å²) in [6, 6.07) is 12.8. The summed E-state index contributed by atoms with van der Waals surface area (Å²) in [4.78, 5) is 38.2. The fraction of sp³-hybridized carbons (Fsp3) is 0.320. The first kappa shape index (κ1) is 23.8. The second-order valence-corrected chi connectivity index (χ2v) is 7.67. The largest absolute Gasteiger partial charge is 0.507 e. The number of hydrogen-bond donors (Lipinski definition) is 2. The Kier molecular flexibility index (Phi) is 7.71. The first-order chi connectivity index (χ1) is 15.9. The molecular weight excluding hydrogens is 426 g/mol. The molecule has 0 saturated carbocycles. The quantitative estimate of drug-likeness (QED) is 0.244. The maximum atomic E-state index is 13.1. The van der Waals surface area contributed by atoms with Crippen molar-refractivity contribution in [2.45, 2.75) is 31.7 Å². The van der Waals surface area contributed by atoms with Gasteiger partial charge in [0.05, 0.1) is 25.8 Å². The van der Waals surface area contributed by atoms with E-state index in [-0.39, 0.29) is 24.3 Å². The third-order valence-corrected chi connectivity index (χ3v) is 5.61. The van der Waals surface area contributed by atoms with E-state index < -0.39 is 23.7 Å². The van der Waals surface area contributed by atoms with Crippen LogP contribution in [0, 0.1) is 0 Å². The van der Waals surface area contributed by atoms with E-state index in [0.717, 1.165) is 0 Å². The minimum absolute atomic E-state index is 0.0137. The maximum absolute atomic E-state index is 13.1. The molecule has 8 nitrogen and oxygen atoms in total. The van der Waals surface area contributed by atoms with Crippen LogP contribution in [0.25, 0.3) is 5.76 Å². The zero-order valence-corrected chi connectivity index (χ0v) is 18.6. The fourth-order valence-electron chi connectivity index (χ4n) is 3.96. The lowest BCUT2D eigenvalue weighted by atomic mass is 9.94. The van der Waals surface area contributed by atoms with Crippen LogP contribution in [0.2, 0.25) is 0 Å². The Morgan fingerprint density at radius 3 is 2.33 bits per heavy atom. The van der Waals surface area contributed by atoms with Crippen LogP contribution in [0.15, 0.2) is 54.1 Å². The van der Waals surface area contributed by atoms with Crippen molar-refractivity contribution in [3.8, 4) is 11.5 Å². The van der Waals surface area contributed by atoms with Crippen molar-refractivity contribution in [1.82, 2.24) is 4.90 Å². The number of nitrogens with zero attached hydrogens (tertiary/aromatic N) is 1. The zero-order valence-electron chi connectivity index (χ0n) is 18.6. The van der Waals surface area contributed by atoms with Crippen LogP contribution in [0.1, 0.15) is 42.9 Å². The van der Waals surface area contributed by atoms with Crippen molar-refractivity contribution in [3.05, 3.63) is 65.2 Å². The van der Waals surface area contributed by atoms with Crippen LogP contribution in [0.5, 0.6) is 11.5 Å². The molecule has 174 valence electrons. The molecule has 2 N–H and O–H groups in total. The topological polar surface area (TPSA) is 113 Å². The minimum Gasteiger partial charge on any atom is -0.507 e. The smallest absolute Gasteiger partial charge is 0.303 e. The molecule has 2 aromatic rings. The van der Waals surface area contributed by atoms with E-state index in [0.29, 0.717) is 41.9 Å². The van der Waals surface area contributed by atoms with Gasteiger partial charge in [-0.2, -0.15) is 0 Å². The number of benzene rings is 2. The summed E-state index contributed by atoms with van der Waals surface area (Å²) in [7, 11) is 3.00.